The number of nitrogens with zero attached hydrogens (tertiary/aromatic N) is 4. The molecule has 0 unspecified atom stereocenters. The molecule has 6 rings (SSSR count). The van der Waals surface area contributed by atoms with Crippen LogP contribution in [0.5, 0.6) is 5.75 Å². The van der Waals surface area contributed by atoms with E-state index >= 15 is 0 Å². The molecule has 0 fully saturated rings. The van der Waals surface area contributed by atoms with Crippen molar-refractivity contribution in [1.29, 1.82) is 0 Å². The molecule has 0 aliphatic carbocycles. The monoisotopic (exact) mass is 474 g/mol. The smallest absolute Gasteiger partial charge is 0.263 e. The van der Waals surface area contributed by atoms with Crippen molar-refractivity contribution in [1.82, 2.24) is 19.2 Å². The summed E-state index contributed by atoms with van der Waals surface area (Å²) in [5, 5.41) is 9.96. The predicted molar refractivity (Wildman–Crippen MR) is 127 cm³/mol. The van der Waals surface area contributed by atoms with Gasteiger partial charge < -0.3 is 9.47 Å². The van der Waals surface area contributed by atoms with Crippen LogP contribution >= 0.6 is 11.8 Å². The number of hydrogen-bond donors (Lipinski definition) is 0. The first-order chi connectivity index (χ1) is 16.7. The summed E-state index contributed by atoms with van der Waals surface area (Å²) in [4.78, 5) is 13.3. The van der Waals surface area contributed by atoms with Crippen molar-refractivity contribution in [3.63, 3.8) is 0 Å². The zero-order valence-corrected chi connectivity index (χ0v) is 18.8. The third-order valence-electron chi connectivity index (χ3n) is 5.77. The van der Waals surface area contributed by atoms with Crippen molar-refractivity contribution in [3.05, 3.63) is 99.6 Å². The topological polar surface area (TPSA) is 70.7 Å². The molecule has 170 valence electrons. The first-order valence-corrected chi connectivity index (χ1v) is 11.7. The molecule has 0 atom stereocenters. The van der Waals surface area contributed by atoms with Crippen LogP contribution in [0, 0.1) is 5.82 Å². The SMILES string of the molecule is O=c1c2ccccc2n2c(SCc3cc(F)cc4c3OCOC4)nnc2n1Cc1ccccc1. The number of ether oxygens (including phenoxy) is 2. The number of thioether (sulfide) groups is 1. The molecule has 0 spiro atoms. The van der Waals surface area contributed by atoms with E-state index in [2.05, 4.69) is 10.2 Å². The lowest BCUT2D eigenvalue weighted by molar-refractivity contribution is -0.0171. The Hall–Kier alpha value is -3.69. The maximum Gasteiger partial charge on any atom is 0.263 e. The van der Waals surface area contributed by atoms with E-state index in [9.17, 15) is 9.18 Å². The summed E-state index contributed by atoms with van der Waals surface area (Å²) in [6.45, 7) is 0.831. The van der Waals surface area contributed by atoms with Gasteiger partial charge in [0.05, 0.1) is 24.1 Å². The van der Waals surface area contributed by atoms with Gasteiger partial charge in [0.1, 0.15) is 11.6 Å². The van der Waals surface area contributed by atoms with Crippen LogP contribution in [-0.2, 0) is 23.6 Å². The molecule has 3 aromatic carbocycles. The van der Waals surface area contributed by atoms with E-state index in [1.54, 1.807) is 4.57 Å². The summed E-state index contributed by atoms with van der Waals surface area (Å²) in [5.41, 5.74) is 3.01. The molecule has 34 heavy (non-hydrogen) atoms. The standard InChI is InChI=1S/C25H19FN4O3S/c26-19-10-17-13-32-15-33-22(17)18(11-19)14-34-25-28-27-24-29(12-16-6-2-1-3-7-16)23(31)20-8-4-5-9-21(20)30(24)25/h1-11H,12-15H2. The Bertz CT molecular complexity index is 1580. The maximum atomic E-state index is 14.2. The highest BCUT2D eigenvalue weighted by atomic mass is 32.2. The average Bonchev–Trinajstić information content (AvgIpc) is 3.29. The average molecular weight is 475 g/mol. The molecular formula is C25H19FN4O3S. The minimum atomic E-state index is -0.336. The Morgan fingerprint density at radius 1 is 1.03 bits per heavy atom. The first kappa shape index (κ1) is 20.9. The van der Waals surface area contributed by atoms with E-state index < -0.39 is 0 Å². The Labute approximate surface area is 197 Å². The highest BCUT2D eigenvalue weighted by Crippen LogP contribution is 2.34. The Morgan fingerprint density at radius 2 is 1.85 bits per heavy atom. The van der Waals surface area contributed by atoms with E-state index in [1.165, 1.54) is 23.9 Å². The zero-order valence-electron chi connectivity index (χ0n) is 18.0. The van der Waals surface area contributed by atoms with Gasteiger partial charge in [-0.1, -0.05) is 54.2 Å². The lowest BCUT2D eigenvalue weighted by Crippen LogP contribution is -2.24. The van der Waals surface area contributed by atoms with Crippen LogP contribution in [0.1, 0.15) is 16.7 Å². The van der Waals surface area contributed by atoms with Crippen LogP contribution in [0.3, 0.4) is 0 Å². The highest BCUT2D eigenvalue weighted by molar-refractivity contribution is 7.98. The number of benzene rings is 3. The second kappa shape index (κ2) is 8.58. The van der Waals surface area contributed by atoms with Crippen molar-refractivity contribution in [2.45, 2.75) is 24.1 Å². The van der Waals surface area contributed by atoms with Crippen LogP contribution in [0.2, 0.25) is 0 Å². The molecule has 3 heterocycles. The summed E-state index contributed by atoms with van der Waals surface area (Å²) in [6, 6.07) is 20.1. The fourth-order valence-electron chi connectivity index (χ4n) is 4.24. The van der Waals surface area contributed by atoms with Gasteiger partial charge in [-0.3, -0.25) is 13.8 Å². The van der Waals surface area contributed by atoms with Crippen molar-refractivity contribution in [3.8, 4) is 5.75 Å². The Morgan fingerprint density at radius 3 is 2.74 bits per heavy atom. The van der Waals surface area contributed by atoms with Crippen molar-refractivity contribution in [2.24, 2.45) is 0 Å². The Balaban J connectivity index is 1.45. The molecule has 1 aliphatic heterocycles. The first-order valence-electron chi connectivity index (χ1n) is 10.7. The molecule has 9 heteroatoms. The second-order valence-electron chi connectivity index (χ2n) is 7.96. The van der Waals surface area contributed by atoms with E-state index in [0.29, 0.717) is 46.5 Å². The molecule has 0 bridgehead atoms. The molecule has 5 aromatic rings. The molecular weight excluding hydrogens is 455 g/mol. The van der Waals surface area contributed by atoms with Crippen LogP contribution in [0.4, 0.5) is 4.39 Å². The van der Waals surface area contributed by atoms with E-state index in [1.807, 2.05) is 59.0 Å². The quantitative estimate of drug-likeness (QED) is 0.352. The third kappa shape index (κ3) is 3.63. The van der Waals surface area contributed by atoms with Gasteiger partial charge in [0.15, 0.2) is 11.9 Å². The van der Waals surface area contributed by atoms with Gasteiger partial charge in [0.2, 0.25) is 5.78 Å². The van der Waals surface area contributed by atoms with E-state index in [-0.39, 0.29) is 18.2 Å². The molecule has 0 amide bonds. The summed E-state index contributed by atoms with van der Waals surface area (Å²) in [7, 11) is 0. The van der Waals surface area contributed by atoms with Gasteiger partial charge in [-0.15, -0.1) is 10.2 Å². The van der Waals surface area contributed by atoms with Crippen LogP contribution in [0.15, 0.2) is 76.7 Å². The van der Waals surface area contributed by atoms with Gasteiger partial charge in [-0.25, -0.2) is 4.39 Å². The summed E-state index contributed by atoms with van der Waals surface area (Å²) in [6.07, 6.45) is 0. The van der Waals surface area contributed by atoms with E-state index in [4.69, 9.17) is 9.47 Å². The number of halogens is 1. The van der Waals surface area contributed by atoms with Crippen LogP contribution in [0.25, 0.3) is 16.7 Å². The molecule has 0 N–H and O–H groups in total. The normalized spacial score (nSPS) is 13.2. The van der Waals surface area contributed by atoms with Crippen LogP contribution < -0.4 is 10.3 Å². The molecule has 0 radical (unpaired) electrons. The Kier molecular flexibility index (Phi) is 5.27. The van der Waals surface area contributed by atoms with Gasteiger partial charge in [0.25, 0.3) is 5.56 Å². The summed E-state index contributed by atoms with van der Waals surface area (Å²) < 4.78 is 28.7. The zero-order chi connectivity index (χ0) is 23.1. The lowest BCUT2D eigenvalue weighted by Gasteiger charge is -2.20. The summed E-state index contributed by atoms with van der Waals surface area (Å²) in [5.74, 6) is 1.20. The minimum Gasteiger partial charge on any atom is -0.467 e. The largest absolute Gasteiger partial charge is 0.467 e. The van der Waals surface area contributed by atoms with Crippen molar-refractivity contribution >= 4 is 28.4 Å². The fraction of sp³-hybridized carbons (Fsp3) is 0.160. The van der Waals surface area contributed by atoms with E-state index in [0.717, 1.165) is 16.6 Å². The van der Waals surface area contributed by atoms with Gasteiger partial charge in [-0.05, 0) is 29.8 Å². The van der Waals surface area contributed by atoms with Crippen molar-refractivity contribution < 1.29 is 13.9 Å². The minimum absolute atomic E-state index is 0.122. The predicted octanol–water partition coefficient (Wildman–Crippen LogP) is 4.39. The van der Waals surface area contributed by atoms with Gasteiger partial charge >= 0.3 is 0 Å². The second-order valence-corrected chi connectivity index (χ2v) is 8.91. The molecule has 7 nitrogen and oxygen atoms in total. The number of para-hydroxylation sites is 1. The van der Waals surface area contributed by atoms with Crippen LogP contribution in [-0.4, -0.2) is 26.0 Å². The highest BCUT2D eigenvalue weighted by Gasteiger charge is 2.20. The molecule has 0 saturated heterocycles. The van der Waals surface area contributed by atoms with Crippen molar-refractivity contribution in [2.75, 3.05) is 6.79 Å². The van der Waals surface area contributed by atoms with Gasteiger partial charge in [-0.2, -0.15) is 0 Å². The summed E-state index contributed by atoms with van der Waals surface area (Å²) >= 11 is 1.41. The number of aromatic nitrogens is 4. The molecule has 0 saturated carbocycles. The molecule has 2 aromatic heterocycles. The lowest BCUT2D eigenvalue weighted by atomic mass is 10.1. The van der Waals surface area contributed by atoms with Gasteiger partial charge in [0, 0.05) is 16.9 Å². The fourth-order valence-corrected chi connectivity index (χ4v) is 5.15. The number of hydrogen-bond acceptors (Lipinski definition) is 6. The maximum absolute atomic E-state index is 14.2. The number of rotatable bonds is 5. The number of fused-ring (bicyclic) bond motifs is 4. The molecule has 1 aliphatic rings. The third-order valence-corrected chi connectivity index (χ3v) is 6.75.